The van der Waals surface area contributed by atoms with E-state index in [1.807, 2.05) is 34.9 Å². The highest BCUT2D eigenvalue weighted by molar-refractivity contribution is 5.81. The molecule has 3 aromatic rings. The number of fused-ring (bicyclic) bond motifs is 1. The summed E-state index contributed by atoms with van der Waals surface area (Å²) >= 11 is 0. The van der Waals surface area contributed by atoms with Gasteiger partial charge in [-0.25, -0.2) is 4.98 Å². The van der Waals surface area contributed by atoms with Crippen LogP contribution in [0.25, 0.3) is 22.3 Å². The third-order valence-corrected chi connectivity index (χ3v) is 5.73. The van der Waals surface area contributed by atoms with E-state index in [1.54, 1.807) is 0 Å². The molecule has 1 saturated heterocycles. The molecule has 5 heteroatoms. The predicted molar refractivity (Wildman–Crippen MR) is 122 cm³/mol. The van der Waals surface area contributed by atoms with Crippen LogP contribution in [-0.2, 0) is 6.54 Å². The van der Waals surface area contributed by atoms with Crippen molar-refractivity contribution >= 4 is 10.9 Å². The van der Waals surface area contributed by atoms with Crippen molar-refractivity contribution in [3.63, 3.8) is 0 Å². The van der Waals surface area contributed by atoms with Crippen LogP contribution in [0.5, 0.6) is 5.75 Å². The van der Waals surface area contributed by atoms with E-state index in [2.05, 4.69) is 38.2 Å². The monoisotopic (exact) mass is 405 g/mol. The van der Waals surface area contributed by atoms with Crippen LogP contribution in [0.1, 0.15) is 32.3 Å². The fraction of sp³-hybridized carbons (Fsp3) is 0.440. The molecule has 1 aliphatic rings. The van der Waals surface area contributed by atoms with Gasteiger partial charge in [-0.3, -0.25) is 9.36 Å². The van der Waals surface area contributed by atoms with Crippen LogP contribution in [0, 0.1) is 18.8 Å². The van der Waals surface area contributed by atoms with E-state index in [4.69, 9.17) is 9.72 Å². The summed E-state index contributed by atoms with van der Waals surface area (Å²) in [5, 5.41) is 4.09. The maximum atomic E-state index is 13.6. The Kier molecular flexibility index (Phi) is 6.18. The molecule has 0 unspecified atom stereocenters. The first kappa shape index (κ1) is 20.6. The molecule has 0 radical (unpaired) electrons. The zero-order chi connectivity index (χ0) is 21.1. The third kappa shape index (κ3) is 4.41. The Morgan fingerprint density at radius 1 is 1.23 bits per heavy atom. The van der Waals surface area contributed by atoms with Crippen LogP contribution in [0.4, 0.5) is 0 Å². The third-order valence-electron chi connectivity index (χ3n) is 5.73. The van der Waals surface area contributed by atoms with Crippen LogP contribution in [0.15, 0.2) is 47.3 Å². The molecule has 0 bridgehead atoms. The summed E-state index contributed by atoms with van der Waals surface area (Å²) in [6.07, 6.45) is 2.27. The second kappa shape index (κ2) is 9.00. The van der Waals surface area contributed by atoms with Gasteiger partial charge in [-0.15, -0.1) is 0 Å². The lowest BCUT2D eigenvalue weighted by molar-refractivity contribution is 0.271. The Labute approximate surface area is 178 Å². The summed E-state index contributed by atoms with van der Waals surface area (Å²) in [6.45, 7) is 9.60. The fourth-order valence-corrected chi connectivity index (χ4v) is 4.09. The van der Waals surface area contributed by atoms with Crippen LogP contribution in [0.2, 0.25) is 0 Å². The average Bonchev–Trinajstić information content (AvgIpc) is 2.75. The van der Waals surface area contributed by atoms with Gasteiger partial charge in [-0.1, -0.05) is 38.1 Å². The number of nitrogens with one attached hydrogen (secondary N) is 1. The Bertz CT molecular complexity index is 1080. The van der Waals surface area contributed by atoms with E-state index >= 15 is 0 Å². The number of aromatic nitrogens is 2. The second-order valence-corrected chi connectivity index (χ2v) is 8.76. The smallest absolute Gasteiger partial charge is 0.261 e. The van der Waals surface area contributed by atoms with E-state index in [-0.39, 0.29) is 5.56 Å². The summed E-state index contributed by atoms with van der Waals surface area (Å²) in [4.78, 5) is 18.6. The van der Waals surface area contributed by atoms with Crippen molar-refractivity contribution in [1.29, 1.82) is 0 Å². The van der Waals surface area contributed by atoms with Gasteiger partial charge in [0, 0.05) is 12.1 Å². The Balaban J connectivity index is 1.83. The Hall–Kier alpha value is -2.66. The van der Waals surface area contributed by atoms with E-state index in [0.717, 1.165) is 48.6 Å². The molecule has 1 aromatic heterocycles. The molecule has 0 spiro atoms. The molecule has 0 amide bonds. The number of benzene rings is 2. The molecular weight excluding hydrogens is 374 g/mol. The van der Waals surface area contributed by atoms with Gasteiger partial charge in [-0.2, -0.15) is 0 Å². The summed E-state index contributed by atoms with van der Waals surface area (Å²) in [5.74, 6) is 2.34. The quantitative estimate of drug-likeness (QED) is 0.660. The van der Waals surface area contributed by atoms with Gasteiger partial charge in [0.15, 0.2) is 0 Å². The largest absolute Gasteiger partial charge is 0.493 e. The molecule has 2 aromatic carbocycles. The van der Waals surface area contributed by atoms with E-state index in [0.29, 0.717) is 35.9 Å². The number of nitrogens with zero attached hydrogens (tertiary/aromatic N) is 2. The van der Waals surface area contributed by atoms with Crippen LogP contribution >= 0.6 is 0 Å². The summed E-state index contributed by atoms with van der Waals surface area (Å²) in [6, 6.07) is 13.8. The maximum Gasteiger partial charge on any atom is 0.261 e. The average molecular weight is 406 g/mol. The predicted octanol–water partition coefficient (Wildman–Crippen LogP) is 4.41. The topological polar surface area (TPSA) is 56.1 Å². The van der Waals surface area contributed by atoms with Gasteiger partial charge >= 0.3 is 0 Å². The van der Waals surface area contributed by atoms with Crippen molar-refractivity contribution in [2.75, 3.05) is 19.7 Å². The van der Waals surface area contributed by atoms with E-state index in [9.17, 15) is 4.79 Å². The molecule has 1 fully saturated rings. The van der Waals surface area contributed by atoms with Gasteiger partial charge in [0.1, 0.15) is 11.6 Å². The molecule has 1 N–H and O–H groups in total. The molecule has 2 heterocycles. The molecule has 5 nitrogen and oxygen atoms in total. The van der Waals surface area contributed by atoms with Crippen molar-refractivity contribution in [2.24, 2.45) is 11.8 Å². The van der Waals surface area contributed by atoms with Gasteiger partial charge in [0.2, 0.25) is 0 Å². The number of piperidine rings is 1. The van der Waals surface area contributed by atoms with Crippen molar-refractivity contribution in [1.82, 2.24) is 14.9 Å². The Morgan fingerprint density at radius 3 is 2.80 bits per heavy atom. The van der Waals surface area contributed by atoms with E-state index < -0.39 is 0 Å². The molecule has 4 rings (SSSR count). The minimum atomic E-state index is 0.0128. The maximum absolute atomic E-state index is 13.6. The second-order valence-electron chi connectivity index (χ2n) is 8.76. The molecule has 1 atom stereocenters. The van der Waals surface area contributed by atoms with Gasteiger partial charge in [-0.05, 0) is 68.5 Å². The highest BCUT2D eigenvalue weighted by Gasteiger charge is 2.20. The molecule has 0 saturated carbocycles. The van der Waals surface area contributed by atoms with E-state index in [1.165, 1.54) is 0 Å². The minimum Gasteiger partial charge on any atom is -0.493 e. The molecule has 0 aliphatic carbocycles. The van der Waals surface area contributed by atoms with Crippen molar-refractivity contribution in [3.05, 3.63) is 58.4 Å². The minimum absolute atomic E-state index is 0.0128. The molecular formula is C25H31N3O2. The zero-order valence-electron chi connectivity index (χ0n) is 18.1. The number of rotatable bonds is 6. The lowest BCUT2D eigenvalue weighted by Gasteiger charge is -2.25. The standard InChI is InChI=1S/C25H31N3O2/c1-17(2)16-30-20-10-11-23-22(13-20)25(29)28(15-19-8-6-12-26-14-19)24(27-23)21-9-5-4-7-18(21)3/h4-5,7,9-11,13,17,19,26H,6,8,12,14-16H2,1-3H3/t19-/m0/s1. The van der Waals surface area contributed by atoms with Gasteiger partial charge in [0.05, 0.1) is 17.5 Å². The molecule has 30 heavy (non-hydrogen) atoms. The summed E-state index contributed by atoms with van der Waals surface area (Å²) in [7, 11) is 0. The van der Waals surface area contributed by atoms with Gasteiger partial charge < -0.3 is 10.1 Å². The number of aryl methyl sites for hydroxylation is 1. The van der Waals surface area contributed by atoms with Crippen molar-refractivity contribution in [3.8, 4) is 17.1 Å². The SMILES string of the molecule is Cc1ccccc1-c1nc2ccc(OCC(C)C)cc2c(=O)n1C[C@H]1CCCNC1. The van der Waals surface area contributed by atoms with Crippen molar-refractivity contribution < 1.29 is 4.74 Å². The lowest BCUT2D eigenvalue weighted by atomic mass is 9.99. The number of ether oxygens (including phenoxy) is 1. The van der Waals surface area contributed by atoms with Crippen LogP contribution < -0.4 is 15.6 Å². The fourth-order valence-electron chi connectivity index (χ4n) is 4.09. The highest BCUT2D eigenvalue weighted by atomic mass is 16.5. The Morgan fingerprint density at radius 2 is 2.07 bits per heavy atom. The van der Waals surface area contributed by atoms with Crippen molar-refractivity contribution in [2.45, 2.75) is 40.2 Å². The van der Waals surface area contributed by atoms with Gasteiger partial charge in [0.25, 0.3) is 5.56 Å². The van der Waals surface area contributed by atoms with Crippen LogP contribution in [-0.4, -0.2) is 29.2 Å². The molecule has 1 aliphatic heterocycles. The number of hydrogen-bond acceptors (Lipinski definition) is 4. The number of hydrogen-bond donors (Lipinski definition) is 1. The first-order valence-electron chi connectivity index (χ1n) is 11.0. The first-order valence-corrected chi connectivity index (χ1v) is 11.0. The zero-order valence-corrected chi connectivity index (χ0v) is 18.1. The van der Waals surface area contributed by atoms with Crippen LogP contribution in [0.3, 0.4) is 0 Å². The summed E-state index contributed by atoms with van der Waals surface area (Å²) in [5.41, 5.74) is 2.86. The summed E-state index contributed by atoms with van der Waals surface area (Å²) < 4.78 is 7.75. The first-order chi connectivity index (χ1) is 14.5. The lowest BCUT2D eigenvalue weighted by Crippen LogP contribution is -2.35. The normalized spacial score (nSPS) is 16.9. The molecule has 158 valence electrons. The highest BCUT2D eigenvalue weighted by Crippen LogP contribution is 2.26.